The first kappa shape index (κ1) is 32.7. The van der Waals surface area contributed by atoms with Gasteiger partial charge >= 0.3 is 5.97 Å². The second-order valence-electron chi connectivity index (χ2n) is 11.7. The number of aryl methyl sites for hydroxylation is 1. The molecule has 2 aromatic heterocycles. The van der Waals surface area contributed by atoms with Gasteiger partial charge in [0.15, 0.2) is 0 Å². The van der Waals surface area contributed by atoms with E-state index in [-0.39, 0.29) is 17.2 Å². The fourth-order valence-corrected chi connectivity index (χ4v) is 7.64. The molecule has 8 heteroatoms. The highest BCUT2D eigenvalue weighted by atomic mass is 32.1. The van der Waals surface area contributed by atoms with E-state index in [9.17, 15) is 18.7 Å². The van der Waals surface area contributed by atoms with Crippen LogP contribution in [-0.2, 0) is 0 Å². The smallest absolute Gasteiger partial charge is 0.337 e. The number of carboxylic acids is 1. The summed E-state index contributed by atoms with van der Waals surface area (Å²) in [7, 11) is 0. The topological polar surface area (TPSA) is 61.4 Å². The molecular weight excluding hydrogens is 667 g/mol. The quantitative estimate of drug-likeness (QED) is 0.155. The third-order valence-corrected chi connectivity index (χ3v) is 10.5. The monoisotopic (exact) mass is 696 g/mol. The van der Waals surface area contributed by atoms with Crippen LogP contribution in [0.25, 0.3) is 41.1 Å². The molecule has 2 heterocycles. The lowest BCUT2D eigenvalue weighted by Crippen LogP contribution is -2.03. The molecular formula is C42H30F2N2O2S2. The second-order valence-corrected chi connectivity index (χ2v) is 13.8. The number of fused-ring (bicyclic) bond motifs is 2. The van der Waals surface area contributed by atoms with E-state index in [2.05, 4.69) is 84.3 Å². The SMILES string of the molecule is Cc1ccc(-c2cc3ccccc3s2)cc1Nc1ccc(F)cc1.O=C(O)c1ccc(-c2cc3ccccc3s2)cc1Nc1ccc(F)cc1. The molecule has 246 valence electrons. The predicted octanol–water partition coefficient (Wildman–Crippen LogP) is 12.9. The minimum Gasteiger partial charge on any atom is -0.478 e. The summed E-state index contributed by atoms with van der Waals surface area (Å²) in [5.74, 6) is -1.58. The summed E-state index contributed by atoms with van der Waals surface area (Å²) in [6.07, 6.45) is 0. The number of halogens is 2. The van der Waals surface area contributed by atoms with Gasteiger partial charge in [0.2, 0.25) is 0 Å². The lowest BCUT2D eigenvalue weighted by atomic mass is 10.1. The van der Waals surface area contributed by atoms with Gasteiger partial charge in [0.05, 0.1) is 11.3 Å². The Morgan fingerprint density at radius 2 is 1.02 bits per heavy atom. The summed E-state index contributed by atoms with van der Waals surface area (Å²) < 4.78 is 28.6. The maximum atomic E-state index is 13.1. The molecule has 50 heavy (non-hydrogen) atoms. The van der Waals surface area contributed by atoms with Crippen molar-refractivity contribution in [2.75, 3.05) is 10.6 Å². The van der Waals surface area contributed by atoms with Crippen LogP contribution in [-0.4, -0.2) is 11.1 Å². The minimum absolute atomic E-state index is 0.166. The van der Waals surface area contributed by atoms with Crippen LogP contribution in [0, 0.1) is 18.6 Å². The molecule has 3 N–H and O–H groups in total. The molecule has 0 spiro atoms. The fourth-order valence-electron chi connectivity index (χ4n) is 5.52. The van der Waals surface area contributed by atoms with Gasteiger partial charge in [-0.15, -0.1) is 22.7 Å². The van der Waals surface area contributed by atoms with Crippen molar-refractivity contribution in [3.63, 3.8) is 0 Å². The lowest BCUT2D eigenvalue weighted by Gasteiger charge is -2.11. The Labute approximate surface area is 295 Å². The first-order chi connectivity index (χ1) is 24.3. The van der Waals surface area contributed by atoms with Crippen LogP contribution < -0.4 is 10.6 Å². The Kier molecular flexibility index (Phi) is 9.38. The van der Waals surface area contributed by atoms with Crippen molar-refractivity contribution in [3.05, 3.63) is 168 Å². The summed E-state index contributed by atoms with van der Waals surface area (Å²) >= 11 is 3.45. The summed E-state index contributed by atoms with van der Waals surface area (Å²) in [6, 6.07) is 44.7. The third kappa shape index (κ3) is 7.42. The van der Waals surface area contributed by atoms with Crippen LogP contribution >= 0.6 is 22.7 Å². The van der Waals surface area contributed by atoms with Crippen molar-refractivity contribution in [2.24, 2.45) is 0 Å². The van der Waals surface area contributed by atoms with Crippen LogP contribution in [0.15, 0.2) is 146 Å². The second kappa shape index (κ2) is 14.3. The highest BCUT2D eigenvalue weighted by molar-refractivity contribution is 7.22. The van der Waals surface area contributed by atoms with E-state index in [4.69, 9.17) is 0 Å². The number of thiophene rings is 2. The van der Waals surface area contributed by atoms with Crippen LogP contribution in [0.3, 0.4) is 0 Å². The van der Waals surface area contributed by atoms with E-state index in [1.54, 1.807) is 53.0 Å². The molecule has 0 fully saturated rings. The average molecular weight is 697 g/mol. The standard InChI is InChI=1S/C21H14FNO2S.C21H16FNS/c22-15-6-8-16(9-7-15)23-18-11-14(5-10-17(18)21(24)25)20-12-13-3-1-2-4-19(13)26-20;1-14-6-7-16(21-13-15-4-2-3-5-20(15)24-21)12-19(14)23-18-10-8-17(22)9-11-18/h1-12,23H,(H,24,25);2-13,23H,1H3. The maximum Gasteiger partial charge on any atom is 0.337 e. The van der Waals surface area contributed by atoms with E-state index in [1.165, 1.54) is 49.5 Å². The van der Waals surface area contributed by atoms with Crippen LogP contribution in [0.1, 0.15) is 15.9 Å². The Balaban J connectivity index is 0.000000157. The Morgan fingerprint density at radius 3 is 1.52 bits per heavy atom. The molecule has 8 rings (SSSR count). The third-order valence-electron chi connectivity index (χ3n) is 8.15. The fraction of sp³-hybridized carbons (Fsp3) is 0.0238. The zero-order valence-electron chi connectivity index (χ0n) is 26.8. The Bertz CT molecular complexity index is 2390. The van der Waals surface area contributed by atoms with Gasteiger partial charge < -0.3 is 15.7 Å². The molecule has 0 aliphatic rings. The van der Waals surface area contributed by atoms with E-state index < -0.39 is 5.97 Å². The molecule has 0 amide bonds. The molecule has 4 nitrogen and oxygen atoms in total. The summed E-state index contributed by atoms with van der Waals surface area (Å²) in [6.45, 7) is 2.07. The normalized spacial score (nSPS) is 10.9. The van der Waals surface area contributed by atoms with Crippen LogP contribution in [0.2, 0.25) is 0 Å². The Morgan fingerprint density at radius 1 is 0.560 bits per heavy atom. The van der Waals surface area contributed by atoms with Gasteiger partial charge in [-0.25, -0.2) is 13.6 Å². The number of hydrogen-bond donors (Lipinski definition) is 3. The first-order valence-corrected chi connectivity index (χ1v) is 17.4. The van der Waals surface area contributed by atoms with Crippen molar-refractivity contribution in [1.29, 1.82) is 0 Å². The van der Waals surface area contributed by atoms with Gasteiger partial charge in [-0.2, -0.15) is 0 Å². The molecule has 0 unspecified atom stereocenters. The zero-order chi connectivity index (χ0) is 34.6. The molecule has 0 aliphatic carbocycles. The Hall–Kier alpha value is -5.83. The molecule has 8 aromatic rings. The molecule has 0 bridgehead atoms. The van der Waals surface area contributed by atoms with Crippen molar-refractivity contribution in [1.82, 2.24) is 0 Å². The summed E-state index contributed by atoms with van der Waals surface area (Å²) in [4.78, 5) is 13.9. The molecule has 0 saturated heterocycles. The molecule has 6 aromatic carbocycles. The van der Waals surface area contributed by atoms with E-state index in [0.29, 0.717) is 11.4 Å². The largest absolute Gasteiger partial charge is 0.478 e. The van der Waals surface area contributed by atoms with Gasteiger partial charge in [-0.1, -0.05) is 54.6 Å². The van der Waals surface area contributed by atoms with Crippen molar-refractivity contribution < 1.29 is 18.7 Å². The first-order valence-electron chi connectivity index (χ1n) is 15.8. The van der Waals surface area contributed by atoms with Gasteiger partial charge in [0, 0.05) is 36.2 Å². The van der Waals surface area contributed by atoms with Crippen molar-refractivity contribution in [2.45, 2.75) is 6.92 Å². The van der Waals surface area contributed by atoms with Gasteiger partial charge in [0.25, 0.3) is 0 Å². The van der Waals surface area contributed by atoms with Crippen molar-refractivity contribution in [3.8, 4) is 20.9 Å². The van der Waals surface area contributed by atoms with Gasteiger partial charge in [-0.05, 0) is 125 Å². The van der Waals surface area contributed by atoms with Crippen LogP contribution in [0.5, 0.6) is 0 Å². The highest BCUT2D eigenvalue weighted by Gasteiger charge is 2.14. The predicted molar refractivity (Wildman–Crippen MR) is 206 cm³/mol. The average Bonchev–Trinajstić information content (AvgIpc) is 3.76. The molecule has 0 radical (unpaired) electrons. The van der Waals surface area contributed by atoms with Gasteiger partial charge in [0.1, 0.15) is 11.6 Å². The van der Waals surface area contributed by atoms with E-state index in [1.807, 2.05) is 24.3 Å². The summed E-state index contributed by atoms with van der Waals surface area (Å²) in [5, 5.41) is 18.4. The highest BCUT2D eigenvalue weighted by Crippen LogP contribution is 2.37. The van der Waals surface area contributed by atoms with E-state index in [0.717, 1.165) is 32.8 Å². The number of rotatable bonds is 7. The van der Waals surface area contributed by atoms with Crippen LogP contribution in [0.4, 0.5) is 31.5 Å². The maximum absolute atomic E-state index is 13.1. The van der Waals surface area contributed by atoms with E-state index >= 15 is 0 Å². The minimum atomic E-state index is -1.02. The van der Waals surface area contributed by atoms with Crippen molar-refractivity contribution >= 4 is 71.6 Å². The summed E-state index contributed by atoms with van der Waals surface area (Å²) in [5.41, 5.74) is 6.46. The number of nitrogens with one attached hydrogen (secondary N) is 2. The number of benzene rings is 6. The lowest BCUT2D eigenvalue weighted by molar-refractivity contribution is 0.0698. The molecule has 0 aliphatic heterocycles. The molecule has 0 saturated carbocycles. The molecule has 0 atom stereocenters. The number of aromatic carboxylic acids is 1. The van der Waals surface area contributed by atoms with Gasteiger partial charge in [-0.3, -0.25) is 0 Å². The zero-order valence-corrected chi connectivity index (χ0v) is 28.4. The number of hydrogen-bond acceptors (Lipinski definition) is 5. The number of carboxylic acid groups (broad SMARTS) is 1. The number of anilines is 4. The number of carbonyl (C=O) groups is 1.